The maximum atomic E-state index is 12.6. The van der Waals surface area contributed by atoms with E-state index in [1.54, 1.807) is 17.5 Å². The molecule has 0 radical (unpaired) electrons. The van der Waals surface area contributed by atoms with E-state index in [1.165, 1.54) is 11.8 Å². The van der Waals surface area contributed by atoms with Gasteiger partial charge >= 0.3 is 0 Å². The molecule has 5 heteroatoms. The van der Waals surface area contributed by atoms with Crippen LogP contribution in [0.15, 0.2) is 54.2 Å². The van der Waals surface area contributed by atoms with Gasteiger partial charge in [0.15, 0.2) is 0 Å². The maximum absolute atomic E-state index is 12.6. The molecule has 0 bridgehead atoms. The Bertz CT molecular complexity index is 811. The Labute approximate surface area is 152 Å². The second-order valence-corrected chi connectivity index (χ2v) is 6.94. The minimum Gasteiger partial charge on any atom is -0.339 e. The second-order valence-electron chi connectivity index (χ2n) is 5.96. The highest BCUT2D eigenvalue weighted by molar-refractivity contribution is 7.10. The Morgan fingerprint density at radius 3 is 2.56 bits per heavy atom. The van der Waals surface area contributed by atoms with Gasteiger partial charge in [-0.1, -0.05) is 43.7 Å². The molecule has 0 spiro atoms. The Morgan fingerprint density at radius 1 is 1.16 bits per heavy atom. The van der Waals surface area contributed by atoms with Gasteiger partial charge in [0.2, 0.25) is 0 Å². The van der Waals surface area contributed by atoms with Crippen molar-refractivity contribution < 1.29 is 4.79 Å². The average molecular weight is 351 g/mol. The van der Waals surface area contributed by atoms with Gasteiger partial charge in [-0.15, -0.1) is 11.3 Å². The maximum Gasteiger partial charge on any atom is 0.272 e. The lowest BCUT2D eigenvalue weighted by atomic mass is 10.0. The fraction of sp³-hybridized carbons (Fsp3) is 0.250. The lowest BCUT2D eigenvalue weighted by Crippen LogP contribution is -2.29. The summed E-state index contributed by atoms with van der Waals surface area (Å²) in [7, 11) is 0. The molecule has 2 heterocycles. The van der Waals surface area contributed by atoms with Crippen molar-refractivity contribution in [2.45, 2.75) is 32.7 Å². The summed E-state index contributed by atoms with van der Waals surface area (Å²) in [6.45, 7) is 4.02. The van der Waals surface area contributed by atoms with Crippen LogP contribution < -0.4 is 5.32 Å². The van der Waals surface area contributed by atoms with Crippen molar-refractivity contribution in [2.75, 3.05) is 0 Å². The van der Waals surface area contributed by atoms with Crippen LogP contribution in [0.2, 0.25) is 0 Å². The number of hydrogen-bond donors (Lipinski definition) is 1. The number of rotatable bonds is 6. The Morgan fingerprint density at radius 2 is 1.96 bits per heavy atom. The average Bonchev–Trinajstić information content (AvgIpc) is 3.15. The molecule has 1 aromatic carbocycles. The van der Waals surface area contributed by atoms with Crippen LogP contribution in [-0.2, 0) is 6.42 Å². The summed E-state index contributed by atoms with van der Waals surface area (Å²) in [5.74, 6) is -0.219. The van der Waals surface area contributed by atoms with Crippen molar-refractivity contribution in [3.8, 4) is 0 Å². The van der Waals surface area contributed by atoms with Crippen LogP contribution in [0.4, 0.5) is 0 Å². The van der Waals surface area contributed by atoms with E-state index in [0.29, 0.717) is 5.69 Å². The van der Waals surface area contributed by atoms with Crippen LogP contribution in [0.5, 0.6) is 0 Å². The van der Waals surface area contributed by atoms with Crippen LogP contribution >= 0.6 is 11.3 Å². The van der Waals surface area contributed by atoms with E-state index in [1.807, 2.05) is 24.4 Å². The first-order chi connectivity index (χ1) is 12.2. The van der Waals surface area contributed by atoms with Gasteiger partial charge < -0.3 is 5.32 Å². The predicted octanol–water partition coefficient (Wildman–Crippen LogP) is 4.32. The number of nitrogens with one attached hydrogen (secondary N) is 1. The Kier molecular flexibility index (Phi) is 5.56. The minimum absolute atomic E-state index is 0.189. The first kappa shape index (κ1) is 17.3. The fourth-order valence-electron chi connectivity index (χ4n) is 2.65. The molecule has 1 atom stereocenters. The molecule has 25 heavy (non-hydrogen) atoms. The van der Waals surface area contributed by atoms with Crippen molar-refractivity contribution in [1.82, 2.24) is 15.3 Å². The van der Waals surface area contributed by atoms with E-state index < -0.39 is 0 Å². The highest BCUT2D eigenvalue weighted by Crippen LogP contribution is 2.26. The number of carbonyl (C=O) groups excluding carboxylic acids is 1. The van der Waals surface area contributed by atoms with Crippen molar-refractivity contribution in [1.29, 1.82) is 0 Å². The number of thiophene rings is 1. The summed E-state index contributed by atoms with van der Waals surface area (Å²) < 4.78 is 0. The molecule has 0 aliphatic carbocycles. The van der Waals surface area contributed by atoms with Crippen LogP contribution in [0.1, 0.15) is 51.6 Å². The summed E-state index contributed by atoms with van der Waals surface area (Å²) >= 11 is 1.63. The zero-order valence-corrected chi connectivity index (χ0v) is 15.2. The van der Waals surface area contributed by atoms with E-state index in [-0.39, 0.29) is 11.9 Å². The van der Waals surface area contributed by atoms with Gasteiger partial charge in [-0.2, -0.15) is 0 Å². The van der Waals surface area contributed by atoms with Gasteiger partial charge in [0.25, 0.3) is 5.91 Å². The fourth-order valence-corrected chi connectivity index (χ4v) is 3.46. The number of aromatic nitrogens is 2. The second kappa shape index (κ2) is 8.03. The molecule has 0 fully saturated rings. The van der Waals surface area contributed by atoms with Crippen molar-refractivity contribution in [2.24, 2.45) is 0 Å². The van der Waals surface area contributed by atoms with Crippen LogP contribution in [0, 0.1) is 6.92 Å². The molecule has 4 nitrogen and oxygen atoms in total. The number of carbonyl (C=O) groups is 1. The number of benzene rings is 1. The number of amides is 1. The van der Waals surface area contributed by atoms with Gasteiger partial charge in [0.05, 0.1) is 17.9 Å². The summed E-state index contributed by atoms with van der Waals surface area (Å²) in [5.41, 5.74) is 3.50. The van der Waals surface area contributed by atoms with E-state index in [4.69, 9.17) is 0 Å². The predicted molar refractivity (Wildman–Crippen MR) is 101 cm³/mol. The molecule has 0 aliphatic rings. The summed E-state index contributed by atoms with van der Waals surface area (Å²) in [5, 5.41) is 5.11. The third-order valence-electron chi connectivity index (χ3n) is 3.97. The number of aryl methyl sites for hydroxylation is 2. The molecule has 1 amide bonds. The Balaban J connectivity index is 1.85. The molecular weight excluding hydrogens is 330 g/mol. The van der Waals surface area contributed by atoms with Gasteiger partial charge in [-0.3, -0.25) is 9.78 Å². The number of nitrogens with zero attached hydrogens (tertiary/aromatic N) is 2. The highest BCUT2D eigenvalue weighted by Gasteiger charge is 2.19. The largest absolute Gasteiger partial charge is 0.339 e. The monoisotopic (exact) mass is 351 g/mol. The molecule has 128 valence electrons. The molecule has 1 N–H and O–H groups in total. The van der Waals surface area contributed by atoms with Crippen molar-refractivity contribution >= 4 is 17.2 Å². The van der Waals surface area contributed by atoms with Gasteiger partial charge in [-0.25, -0.2) is 4.98 Å². The van der Waals surface area contributed by atoms with Gasteiger partial charge in [0.1, 0.15) is 5.69 Å². The van der Waals surface area contributed by atoms with E-state index in [9.17, 15) is 4.79 Å². The zero-order chi connectivity index (χ0) is 17.6. The van der Waals surface area contributed by atoms with E-state index >= 15 is 0 Å². The van der Waals surface area contributed by atoms with Crippen molar-refractivity contribution in [3.63, 3.8) is 0 Å². The molecular formula is C20H21N3OS. The summed E-state index contributed by atoms with van der Waals surface area (Å²) in [4.78, 5) is 22.0. The first-order valence-electron chi connectivity index (χ1n) is 8.39. The highest BCUT2D eigenvalue weighted by atomic mass is 32.1. The summed E-state index contributed by atoms with van der Waals surface area (Å²) in [6.07, 6.45) is 5.31. The lowest BCUT2D eigenvalue weighted by Gasteiger charge is -2.18. The minimum atomic E-state index is -0.219. The summed E-state index contributed by atoms with van der Waals surface area (Å²) in [6, 6.07) is 12.3. The normalized spacial score (nSPS) is 11.9. The molecule has 1 unspecified atom stereocenters. The lowest BCUT2D eigenvalue weighted by molar-refractivity contribution is 0.0938. The van der Waals surface area contributed by atoms with Crippen molar-refractivity contribution in [3.05, 3.63) is 81.6 Å². The first-order valence-corrected chi connectivity index (χ1v) is 9.27. The van der Waals surface area contributed by atoms with Crippen LogP contribution in [0.25, 0.3) is 0 Å². The third-order valence-corrected chi connectivity index (χ3v) is 4.91. The SMILES string of the molecule is CCCc1ccc(C(NC(=O)c2cnc(C)cn2)c2cccs2)cc1. The van der Waals surface area contributed by atoms with Crippen LogP contribution in [-0.4, -0.2) is 15.9 Å². The molecule has 0 aliphatic heterocycles. The number of hydrogen-bond acceptors (Lipinski definition) is 4. The Hall–Kier alpha value is -2.53. The quantitative estimate of drug-likeness (QED) is 0.719. The molecule has 2 aromatic heterocycles. The van der Waals surface area contributed by atoms with Gasteiger partial charge in [-0.05, 0) is 35.9 Å². The topological polar surface area (TPSA) is 54.9 Å². The van der Waals surface area contributed by atoms with Gasteiger partial charge in [0, 0.05) is 11.1 Å². The molecule has 3 aromatic rings. The van der Waals surface area contributed by atoms with Crippen LogP contribution in [0.3, 0.4) is 0 Å². The zero-order valence-electron chi connectivity index (χ0n) is 14.4. The smallest absolute Gasteiger partial charge is 0.272 e. The third kappa shape index (κ3) is 4.31. The van der Waals surface area contributed by atoms with E-state index in [0.717, 1.165) is 29.0 Å². The molecule has 0 saturated carbocycles. The molecule has 3 rings (SSSR count). The van der Waals surface area contributed by atoms with E-state index in [2.05, 4.69) is 46.5 Å². The molecule has 0 saturated heterocycles. The standard InChI is InChI=1S/C20H21N3OS/c1-3-5-15-7-9-16(10-8-15)19(18-6-4-11-25-18)23-20(24)17-13-21-14(2)12-22-17/h4,6-13,19H,3,5H2,1-2H3,(H,23,24).